The van der Waals surface area contributed by atoms with Gasteiger partial charge in [0.2, 0.25) is 0 Å². The molecule has 2 fully saturated rings. The number of esters is 1. The van der Waals surface area contributed by atoms with Gasteiger partial charge in [0.25, 0.3) is 0 Å². The normalized spacial score (nSPS) is 22.6. The van der Waals surface area contributed by atoms with E-state index >= 15 is 0 Å². The number of carbonyl (C=O) groups is 2. The van der Waals surface area contributed by atoms with Crippen molar-refractivity contribution in [2.24, 2.45) is 5.92 Å². The number of nitrogens with one attached hydrogen (secondary N) is 1. The molecular formula is C29H29F9N2O5. The number of benzene rings is 2. The number of hydrogen-bond donors (Lipinski definition) is 1. The van der Waals surface area contributed by atoms with Crippen LogP contribution in [0.15, 0.2) is 36.4 Å². The first-order valence-electron chi connectivity index (χ1n) is 13.9. The monoisotopic (exact) mass is 656 g/mol. The van der Waals surface area contributed by atoms with E-state index in [0.29, 0.717) is 50.0 Å². The van der Waals surface area contributed by atoms with Crippen LogP contribution in [0.25, 0.3) is 0 Å². The van der Waals surface area contributed by atoms with Gasteiger partial charge in [0.05, 0.1) is 23.7 Å². The van der Waals surface area contributed by atoms with Gasteiger partial charge in [0, 0.05) is 19.2 Å². The Balaban J connectivity index is 1.56. The molecule has 16 heteroatoms. The van der Waals surface area contributed by atoms with E-state index in [4.69, 9.17) is 9.47 Å². The number of cyclic esters (lactones) is 1. The SMILES string of the molecule is CC(=O)OC1CCC(CNc2ccc(OC(F)(F)F)cc2CN2C(=O)O[C@H](c3cc(C(F)(F)F)cc(C(F)(F)F)c3)[C@@H]2C)CC1. The first-order chi connectivity index (χ1) is 20.8. The number of hydrogen-bond acceptors (Lipinski definition) is 6. The molecule has 2 aromatic carbocycles. The molecule has 1 amide bonds. The summed E-state index contributed by atoms with van der Waals surface area (Å²) in [5, 5.41) is 3.15. The van der Waals surface area contributed by atoms with Gasteiger partial charge in [-0.3, -0.25) is 9.69 Å². The molecule has 2 aromatic rings. The smallest absolute Gasteiger partial charge is 0.463 e. The quantitative estimate of drug-likeness (QED) is 0.228. The summed E-state index contributed by atoms with van der Waals surface area (Å²) in [6, 6.07) is 3.18. The fourth-order valence-electron chi connectivity index (χ4n) is 5.50. The molecule has 4 rings (SSSR count). The van der Waals surface area contributed by atoms with E-state index in [0.717, 1.165) is 17.0 Å². The predicted molar refractivity (Wildman–Crippen MR) is 140 cm³/mol. The van der Waals surface area contributed by atoms with E-state index < -0.39 is 65.9 Å². The molecule has 0 aromatic heterocycles. The van der Waals surface area contributed by atoms with Gasteiger partial charge in [-0.15, -0.1) is 13.2 Å². The predicted octanol–water partition coefficient (Wildman–Crippen LogP) is 8.24. The Kier molecular flexibility index (Phi) is 9.73. The lowest BCUT2D eigenvalue weighted by Crippen LogP contribution is -2.32. The van der Waals surface area contributed by atoms with Crippen LogP contribution in [0.3, 0.4) is 0 Å². The average molecular weight is 657 g/mol. The van der Waals surface area contributed by atoms with Crippen LogP contribution in [0, 0.1) is 5.92 Å². The van der Waals surface area contributed by atoms with Gasteiger partial charge in [0.1, 0.15) is 18.0 Å². The molecule has 1 aliphatic carbocycles. The van der Waals surface area contributed by atoms with Crippen LogP contribution in [0.1, 0.15) is 67.9 Å². The number of carbonyl (C=O) groups excluding carboxylic acids is 2. The maximum absolute atomic E-state index is 13.4. The highest BCUT2D eigenvalue weighted by molar-refractivity contribution is 5.72. The molecular weight excluding hydrogens is 627 g/mol. The topological polar surface area (TPSA) is 77.1 Å². The standard InChI is InChI=1S/C29H29F9N2O5/c1-15-25(18-9-20(27(30,31)32)12-21(10-18)28(33,34)35)44-26(42)40(15)14-19-11-23(45-29(36,37)38)7-8-24(19)39-13-17-3-5-22(6-4-17)43-16(2)41/h7-12,15,17,22,25,39H,3-6,13-14H2,1-2H3/t15-,17?,22?,25-/m0/s1. The van der Waals surface area contributed by atoms with E-state index in [1.54, 1.807) is 0 Å². The molecule has 1 saturated heterocycles. The Hall–Kier alpha value is -3.85. The van der Waals surface area contributed by atoms with E-state index in [1.165, 1.54) is 19.9 Å². The highest BCUT2D eigenvalue weighted by Crippen LogP contribution is 2.41. The van der Waals surface area contributed by atoms with Crippen molar-refractivity contribution in [3.05, 3.63) is 58.7 Å². The maximum atomic E-state index is 13.4. The minimum Gasteiger partial charge on any atom is -0.463 e. The van der Waals surface area contributed by atoms with Gasteiger partial charge >= 0.3 is 30.8 Å². The van der Waals surface area contributed by atoms with Crippen LogP contribution in [-0.2, 0) is 33.2 Å². The van der Waals surface area contributed by atoms with E-state index in [9.17, 15) is 49.1 Å². The zero-order valence-electron chi connectivity index (χ0n) is 23.9. The Labute approximate surface area is 251 Å². The molecule has 0 unspecified atom stereocenters. The zero-order chi connectivity index (χ0) is 33.3. The number of anilines is 1. The first-order valence-corrected chi connectivity index (χ1v) is 13.9. The van der Waals surface area contributed by atoms with Crippen LogP contribution in [-0.4, -0.2) is 42.0 Å². The summed E-state index contributed by atoms with van der Waals surface area (Å²) in [4.78, 5) is 25.1. The van der Waals surface area contributed by atoms with Crippen molar-refractivity contribution in [3.63, 3.8) is 0 Å². The molecule has 0 spiro atoms. The molecule has 248 valence electrons. The number of nitrogens with zero attached hydrogens (tertiary/aromatic N) is 1. The molecule has 1 heterocycles. The lowest BCUT2D eigenvalue weighted by Gasteiger charge is -2.29. The molecule has 2 atom stereocenters. The molecule has 1 N–H and O–H groups in total. The third-order valence-corrected chi connectivity index (χ3v) is 7.69. The average Bonchev–Trinajstić information content (AvgIpc) is 3.19. The summed E-state index contributed by atoms with van der Waals surface area (Å²) in [5.74, 6) is -0.859. The second-order valence-electron chi connectivity index (χ2n) is 11.0. The Morgan fingerprint density at radius 3 is 2.07 bits per heavy atom. The zero-order valence-corrected chi connectivity index (χ0v) is 23.9. The fourth-order valence-corrected chi connectivity index (χ4v) is 5.50. The Morgan fingerprint density at radius 1 is 0.933 bits per heavy atom. The second-order valence-corrected chi connectivity index (χ2v) is 11.0. The van der Waals surface area contributed by atoms with Gasteiger partial charge in [-0.25, -0.2) is 4.79 Å². The van der Waals surface area contributed by atoms with Crippen molar-refractivity contribution in [2.45, 2.75) is 83.0 Å². The van der Waals surface area contributed by atoms with Crippen LogP contribution >= 0.6 is 0 Å². The van der Waals surface area contributed by atoms with Gasteiger partial charge in [0.15, 0.2) is 0 Å². The van der Waals surface area contributed by atoms with Crippen molar-refractivity contribution < 1.29 is 63.3 Å². The molecule has 2 aliphatic rings. The van der Waals surface area contributed by atoms with Crippen molar-refractivity contribution in [1.29, 1.82) is 0 Å². The molecule has 1 aliphatic heterocycles. The van der Waals surface area contributed by atoms with Crippen molar-refractivity contribution in [1.82, 2.24) is 4.90 Å². The number of alkyl halides is 9. The van der Waals surface area contributed by atoms with Crippen molar-refractivity contribution >= 4 is 17.7 Å². The van der Waals surface area contributed by atoms with Gasteiger partial charge < -0.3 is 19.5 Å². The molecule has 1 saturated carbocycles. The first kappa shape index (κ1) is 34.0. The summed E-state index contributed by atoms with van der Waals surface area (Å²) in [5.41, 5.74) is -3.25. The summed E-state index contributed by atoms with van der Waals surface area (Å²) in [7, 11) is 0. The summed E-state index contributed by atoms with van der Waals surface area (Å²) >= 11 is 0. The van der Waals surface area contributed by atoms with Crippen LogP contribution in [0.5, 0.6) is 5.75 Å². The minimum absolute atomic E-state index is 0.0460. The van der Waals surface area contributed by atoms with Crippen molar-refractivity contribution in [2.75, 3.05) is 11.9 Å². The Bertz CT molecular complexity index is 1350. The van der Waals surface area contributed by atoms with Gasteiger partial charge in [-0.2, -0.15) is 26.3 Å². The molecule has 0 bridgehead atoms. The third-order valence-electron chi connectivity index (χ3n) is 7.69. The fraction of sp³-hybridized carbons (Fsp3) is 0.517. The lowest BCUT2D eigenvalue weighted by atomic mass is 9.87. The lowest BCUT2D eigenvalue weighted by molar-refractivity contribution is -0.274. The van der Waals surface area contributed by atoms with Gasteiger partial charge in [-0.1, -0.05) is 0 Å². The number of ether oxygens (including phenoxy) is 3. The summed E-state index contributed by atoms with van der Waals surface area (Å²) in [6.07, 6.45) is -15.5. The third kappa shape index (κ3) is 8.87. The largest absolute Gasteiger partial charge is 0.573 e. The van der Waals surface area contributed by atoms with E-state index in [2.05, 4.69) is 10.1 Å². The maximum Gasteiger partial charge on any atom is 0.573 e. The number of rotatable bonds is 8. The summed E-state index contributed by atoms with van der Waals surface area (Å²) in [6.45, 7) is 2.64. The van der Waals surface area contributed by atoms with Crippen LogP contribution in [0.2, 0.25) is 0 Å². The van der Waals surface area contributed by atoms with Crippen LogP contribution < -0.4 is 10.1 Å². The second kappa shape index (κ2) is 12.9. The minimum atomic E-state index is -5.12. The molecule has 45 heavy (non-hydrogen) atoms. The molecule has 7 nitrogen and oxygen atoms in total. The van der Waals surface area contributed by atoms with Crippen molar-refractivity contribution in [3.8, 4) is 5.75 Å². The van der Waals surface area contributed by atoms with E-state index in [1.807, 2.05) is 0 Å². The molecule has 0 radical (unpaired) electrons. The highest BCUT2D eigenvalue weighted by Gasteiger charge is 2.43. The number of halogens is 9. The number of amides is 1. The Morgan fingerprint density at radius 2 is 1.53 bits per heavy atom. The highest BCUT2D eigenvalue weighted by atomic mass is 19.4. The van der Waals surface area contributed by atoms with Crippen LogP contribution in [0.4, 0.5) is 50.0 Å². The summed E-state index contributed by atoms with van der Waals surface area (Å²) < 4.78 is 134. The van der Waals surface area contributed by atoms with E-state index in [-0.39, 0.29) is 29.6 Å². The van der Waals surface area contributed by atoms with Gasteiger partial charge in [-0.05, 0) is 86.1 Å².